The molecule has 1 amide bonds. The largest absolute Gasteiger partial charge is 0.495 e. The van der Waals surface area contributed by atoms with Gasteiger partial charge in [0.2, 0.25) is 0 Å². The second-order valence-corrected chi connectivity index (χ2v) is 8.75. The van der Waals surface area contributed by atoms with Crippen molar-refractivity contribution in [1.29, 1.82) is 0 Å². The first kappa shape index (κ1) is 23.4. The molecule has 0 aliphatic heterocycles. The fraction of sp³-hybridized carbons (Fsp3) is 0.136. The summed E-state index contributed by atoms with van der Waals surface area (Å²) in [5.74, 6) is -0.672. The SMILES string of the molecule is COc1ccc(CNC(=O)c2cccc(S(=O)(=O)Nc3cc(Cl)ccc3OC)c2)cc1F. The standard InChI is InChI=1S/C22H20ClFN2O5S/c1-30-20-8-6-14(10-18(20)24)13-25-22(27)15-4-3-5-17(11-15)32(28,29)26-19-12-16(23)7-9-21(19)31-2/h3-12,26H,13H2,1-2H3,(H,25,27). The van der Waals surface area contributed by atoms with E-state index >= 15 is 0 Å². The average molecular weight is 479 g/mol. The fourth-order valence-corrected chi connectivity index (χ4v) is 4.15. The molecule has 32 heavy (non-hydrogen) atoms. The lowest BCUT2D eigenvalue weighted by atomic mass is 10.2. The van der Waals surface area contributed by atoms with Gasteiger partial charge >= 0.3 is 0 Å². The van der Waals surface area contributed by atoms with Gasteiger partial charge in [0, 0.05) is 17.1 Å². The van der Waals surface area contributed by atoms with Gasteiger partial charge in [-0.15, -0.1) is 0 Å². The summed E-state index contributed by atoms with van der Waals surface area (Å²) in [6.45, 7) is 0.0503. The van der Waals surface area contributed by atoms with Gasteiger partial charge in [-0.05, 0) is 54.1 Å². The minimum absolute atomic E-state index is 0.0503. The number of nitrogens with one attached hydrogen (secondary N) is 2. The Hall–Kier alpha value is -3.30. The minimum Gasteiger partial charge on any atom is -0.495 e. The Bertz CT molecular complexity index is 1250. The van der Waals surface area contributed by atoms with Crippen LogP contribution in [0.15, 0.2) is 65.6 Å². The molecular weight excluding hydrogens is 459 g/mol. The molecule has 168 valence electrons. The molecule has 7 nitrogen and oxygen atoms in total. The number of hydrogen-bond donors (Lipinski definition) is 2. The number of amides is 1. The van der Waals surface area contributed by atoms with E-state index in [0.717, 1.165) is 0 Å². The molecule has 0 bridgehead atoms. The third kappa shape index (κ3) is 5.49. The maximum Gasteiger partial charge on any atom is 0.262 e. The van der Waals surface area contributed by atoms with Crippen molar-refractivity contribution in [3.63, 3.8) is 0 Å². The Morgan fingerprint density at radius 3 is 2.41 bits per heavy atom. The van der Waals surface area contributed by atoms with Crippen molar-refractivity contribution in [1.82, 2.24) is 5.32 Å². The van der Waals surface area contributed by atoms with Crippen molar-refractivity contribution < 1.29 is 27.1 Å². The predicted molar refractivity (Wildman–Crippen MR) is 119 cm³/mol. The van der Waals surface area contributed by atoms with Crippen LogP contribution in [0.3, 0.4) is 0 Å². The molecule has 0 fully saturated rings. The number of halogens is 2. The third-order valence-electron chi connectivity index (χ3n) is 4.48. The van der Waals surface area contributed by atoms with Gasteiger partial charge in [0.25, 0.3) is 15.9 Å². The van der Waals surface area contributed by atoms with Crippen LogP contribution in [0.1, 0.15) is 15.9 Å². The molecule has 0 unspecified atom stereocenters. The highest BCUT2D eigenvalue weighted by molar-refractivity contribution is 7.92. The second kappa shape index (κ2) is 9.88. The average Bonchev–Trinajstić information content (AvgIpc) is 2.77. The first-order valence-electron chi connectivity index (χ1n) is 9.30. The molecule has 3 aromatic rings. The van der Waals surface area contributed by atoms with E-state index in [1.54, 1.807) is 12.1 Å². The number of benzene rings is 3. The van der Waals surface area contributed by atoms with Gasteiger partial charge in [0.15, 0.2) is 11.6 Å². The van der Waals surface area contributed by atoms with Crippen LogP contribution < -0.4 is 19.5 Å². The maximum absolute atomic E-state index is 13.8. The van der Waals surface area contributed by atoms with Crippen LogP contribution in [0, 0.1) is 5.82 Å². The van der Waals surface area contributed by atoms with Crippen LogP contribution in [0.5, 0.6) is 11.5 Å². The molecule has 0 saturated heterocycles. The number of hydrogen-bond acceptors (Lipinski definition) is 5. The van der Waals surface area contributed by atoms with E-state index in [1.807, 2.05) is 0 Å². The first-order chi connectivity index (χ1) is 15.2. The Balaban J connectivity index is 1.76. The summed E-state index contributed by atoms with van der Waals surface area (Å²) in [5.41, 5.74) is 0.812. The molecule has 0 saturated carbocycles. The summed E-state index contributed by atoms with van der Waals surface area (Å²) < 4.78 is 51.9. The van der Waals surface area contributed by atoms with E-state index in [1.165, 1.54) is 62.8 Å². The highest BCUT2D eigenvalue weighted by atomic mass is 35.5. The van der Waals surface area contributed by atoms with Crippen LogP contribution in [0.4, 0.5) is 10.1 Å². The monoisotopic (exact) mass is 478 g/mol. The van der Waals surface area contributed by atoms with Crippen LogP contribution in [-0.4, -0.2) is 28.5 Å². The molecule has 0 atom stereocenters. The highest BCUT2D eigenvalue weighted by Crippen LogP contribution is 2.30. The van der Waals surface area contributed by atoms with Crippen molar-refractivity contribution in [2.24, 2.45) is 0 Å². The van der Waals surface area contributed by atoms with Crippen molar-refractivity contribution in [3.8, 4) is 11.5 Å². The number of rotatable bonds is 8. The quantitative estimate of drug-likeness (QED) is 0.505. The van der Waals surface area contributed by atoms with Crippen LogP contribution in [-0.2, 0) is 16.6 Å². The third-order valence-corrected chi connectivity index (χ3v) is 6.08. The number of methoxy groups -OCH3 is 2. The summed E-state index contributed by atoms with van der Waals surface area (Å²) >= 11 is 5.95. The number of sulfonamides is 1. The van der Waals surface area contributed by atoms with E-state index in [9.17, 15) is 17.6 Å². The summed E-state index contributed by atoms with van der Waals surface area (Å²) in [6.07, 6.45) is 0. The Morgan fingerprint density at radius 2 is 1.72 bits per heavy atom. The maximum atomic E-state index is 13.8. The predicted octanol–water partition coefficient (Wildman–Crippen LogP) is 4.23. The molecule has 10 heteroatoms. The lowest BCUT2D eigenvalue weighted by molar-refractivity contribution is 0.0950. The van der Waals surface area contributed by atoms with Gasteiger partial charge in [-0.3, -0.25) is 9.52 Å². The Morgan fingerprint density at radius 1 is 1.00 bits per heavy atom. The van der Waals surface area contributed by atoms with Crippen LogP contribution in [0.25, 0.3) is 0 Å². The zero-order chi connectivity index (χ0) is 23.3. The topological polar surface area (TPSA) is 93.7 Å². The van der Waals surface area contributed by atoms with E-state index in [4.69, 9.17) is 21.1 Å². The van der Waals surface area contributed by atoms with E-state index in [0.29, 0.717) is 16.3 Å². The van der Waals surface area contributed by atoms with Crippen LogP contribution in [0.2, 0.25) is 5.02 Å². The highest BCUT2D eigenvalue weighted by Gasteiger charge is 2.19. The fourth-order valence-electron chi connectivity index (χ4n) is 2.87. The van der Waals surface area contributed by atoms with E-state index in [2.05, 4.69) is 10.0 Å². The molecule has 0 heterocycles. The summed E-state index contributed by atoms with van der Waals surface area (Å²) in [7, 11) is -1.27. The molecule has 0 aliphatic rings. The number of ether oxygens (including phenoxy) is 2. The van der Waals surface area contributed by atoms with E-state index in [-0.39, 0.29) is 28.4 Å². The van der Waals surface area contributed by atoms with Gasteiger partial charge in [-0.1, -0.05) is 23.7 Å². The van der Waals surface area contributed by atoms with Crippen LogP contribution >= 0.6 is 11.6 Å². The molecular formula is C22H20ClFN2O5S. The second-order valence-electron chi connectivity index (χ2n) is 6.63. The molecule has 2 N–H and O–H groups in total. The normalized spacial score (nSPS) is 11.0. The van der Waals surface area contributed by atoms with E-state index < -0.39 is 21.7 Å². The van der Waals surface area contributed by atoms with Gasteiger partial charge in [0.05, 0.1) is 24.8 Å². The number of carbonyl (C=O) groups excluding carboxylic acids is 1. The van der Waals surface area contributed by atoms with Crippen molar-refractivity contribution >= 4 is 33.2 Å². The molecule has 0 radical (unpaired) electrons. The summed E-state index contributed by atoms with van der Waals surface area (Å²) in [4.78, 5) is 12.4. The first-order valence-corrected chi connectivity index (χ1v) is 11.2. The summed E-state index contributed by atoms with van der Waals surface area (Å²) in [6, 6.07) is 14.4. The Kier molecular flexibility index (Phi) is 7.22. The zero-order valence-corrected chi connectivity index (χ0v) is 18.8. The van der Waals surface area contributed by atoms with Crippen molar-refractivity contribution in [2.75, 3.05) is 18.9 Å². The van der Waals surface area contributed by atoms with Gasteiger partial charge < -0.3 is 14.8 Å². The molecule has 0 aliphatic carbocycles. The Labute approximate surface area is 190 Å². The van der Waals surface area contributed by atoms with Crippen molar-refractivity contribution in [3.05, 3.63) is 82.6 Å². The van der Waals surface area contributed by atoms with Crippen molar-refractivity contribution in [2.45, 2.75) is 11.4 Å². The molecule has 3 aromatic carbocycles. The van der Waals surface area contributed by atoms with Gasteiger partial charge in [-0.25, -0.2) is 12.8 Å². The minimum atomic E-state index is -4.03. The molecule has 0 spiro atoms. The van der Waals surface area contributed by atoms with Gasteiger partial charge in [-0.2, -0.15) is 0 Å². The number of anilines is 1. The zero-order valence-electron chi connectivity index (χ0n) is 17.2. The lowest BCUT2D eigenvalue weighted by Gasteiger charge is -2.13. The smallest absolute Gasteiger partial charge is 0.262 e. The molecule has 3 rings (SSSR count). The lowest BCUT2D eigenvalue weighted by Crippen LogP contribution is -2.23. The number of carbonyl (C=O) groups is 1. The summed E-state index contributed by atoms with van der Waals surface area (Å²) in [5, 5.41) is 2.96. The molecule has 0 aromatic heterocycles. The van der Waals surface area contributed by atoms with Gasteiger partial charge in [0.1, 0.15) is 5.75 Å².